The zero-order valence-electron chi connectivity index (χ0n) is 11.9. The van der Waals surface area contributed by atoms with Crippen molar-refractivity contribution in [2.24, 2.45) is 0 Å². The molecule has 1 saturated heterocycles. The van der Waals surface area contributed by atoms with Crippen molar-refractivity contribution >= 4 is 29.1 Å². The van der Waals surface area contributed by atoms with E-state index in [2.05, 4.69) is 25.7 Å². The second kappa shape index (κ2) is 5.87. The molecule has 2 aromatic heterocycles. The van der Waals surface area contributed by atoms with Crippen LogP contribution in [0.25, 0.3) is 0 Å². The number of aryl methyl sites for hydroxylation is 1. The number of hydrogen-bond donors (Lipinski definition) is 2. The van der Waals surface area contributed by atoms with Crippen LogP contribution in [0.5, 0.6) is 0 Å². The van der Waals surface area contributed by atoms with Crippen molar-refractivity contribution in [3.8, 4) is 0 Å². The predicted octanol–water partition coefficient (Wildman–Crippen LogP) is 2.38. The minimum absolute atomic E-state index is 0.322. The molecule has 1 aliphatic heterocycles. The van der Waals surface area contributed by atoms with Gasteiger partial charge in [-0.05, 0) is 13.8 Å². The number of anilines is 3. The van der Waals surface area contributed by atoms with Crippen LogP contribution >= 0.6 is 11.6 Å². The molecule has 7 nitrogen and oxygen atoms in total. The van der Waals surface area contributed by atoms with Crippen LogP contribution in [0.2, 0.25) is 5.02 Å². The van der Waals surface area contributed by atoms with Crippen LogP contribution in [-0.4, -0.2) is 39.5 Å². The summed E-state index contributed by atoms with van der Waals surface area (Å²) in [6, 6.07) is 0.322. The Balaban J connectivity index is 1.79. The lowest BCUT2D eigenvalue weighted by molar-refractivity contribution is -0.0287. The third-order valence-electron chi connectivity index (χ3n) is 3.25. The van der Waals surface area contributed by atoms with Crippen molar-refractivity contribution in [1.82, 2.24) is 19.7 Å². The van der Waals surface area contributed by atoms with Crippen molar-refractivity contribution in [2.45, 2.75) is 19.9 Å². The summed E-state index contributed by atoms with van der Waals surface area (Å²) >= 11 is 6.04. The second-order valence-corrected chi connectivity index (χ2v) is 5.25. The van der Waals surface area contributed by atoms with E-state index in [1.54, 1.807) is 6.20 Å². The van der Waals surface area contributed by atoms with Gasteiger partial charge < -0.3 is 15.4 Å². The molecule has 0 amide bonds. The molecule has 1 fully saturated rings. The monoisotopic (exact) mass is 308 g/mol. The normalized spacial score (nSPS) is 14.8. The molecule has 0 radical (unpaired) electrons. The van der Waals surface area contributed by atoms with E-state index < -0.39 is 0 Å². The zero-order valence-corrected chi connectivity index (χ0v) is 12.7. The maximum atomic E-state index is 6.04. The van der Waals surface area contributed by atoms with Crippen molar-refractivity contribution in [1.29, 1.82) is 0 Å². The summed E-state index contributed by atoms with van der Waals surface area (Å²) in [5.74, 6) is 1.11. The summed E-state index contributed by atoms with van der Waals surface area (Å²) in [5.41, 5.74) is 1.78. The van der Waals surface area contributed by atoms with E-state index >= 15 is 0 Å². The van der Waals surface area contributed by atoms with Gasteiger partial charge >= 0.3 is 0 Å². The van der Waals surface area contributed by atoms with Crippen LogP contribution in [-0.2, 0) is 4.74 Å². The third-order valence-corrected chi connectivity index (χ3v) is 3.52. The SMILES string of the molecule is CCNc1nc(Nc2cn(C3COC3)nc2C)ncc1Cl. The van der Waals surface area contributed by atoms with E-state index in [0.717, 1.165) is 17.9 Å². The van der Waals surface area contributed by atoms with Gasteiger partial charge in [0.2, 0.25) is 5.95 Å². The Morgan fingerprint density at radius 1 is 1.48 bits per heavy atom. The molecular weight excluding hydrogens is 292 g/mol. The van der Waals surface area contributed by atoms with Gasteiger partial charge in [-0.25, -0.2) is 4.98 Å². The highest BCUT2D eigenvalue weighted by molar-refractivity contribution is 6.32. The van der Waals surface area contributed by atoms with Gasteiger partial charge in [0.25, 0.3) is 0 Å². The van der Waals surface area contributed by atoms with Gasteiger partial charge in [0.05, 0.1) is 36.8 Å². The fourth-order valence-electron chi connectivity index (χ4n) is 2.01. The van der Waals surface area contributed by atoms with Gasteiger partial charge in [-0.1, -0.05) is 11.6 Å². The third kappa shape index (κ3) is 2.93. The van der Waals surface area contributed by atoms with Crippen LogP contribution in [0.4, 0.5) is 17.5 Å². The number of aromatic nitrogens is 4. The molecule has 3 heterocycles. The minimum atomic E-state index is 0.322. The van der Waals surface area contributed by atoms with E-state index in [-0.39, 0.29) is 0 Å². The van der Waals surface area contributed by atoms with Crippen LogP contribution in [0, 0.1) is 6.92 Å². The Bertz CT molecular complexity index is 640. The fourth-order valence-corrected chi connectivity index (χ4v) is 2.16. The summed E-state index contributed by atoms with van der Waals surface area (Å²) in [4.78, 5) is 8.55. The molecule has 3 rings (SSSR count). The first-order chi connectivity index (χ1) is 10.2. The minimum Gasteiger partial charge on any atom is -0.377 e. The largest absolute Gasteiger partial charge is 0.377 e. The van der Waals surface area contributed by atoms with Crippen LogP contribution in [0.3, 0.4) is 0 Å². The topological polar surface area (TPSA) is 76.9 Å². The molecule has 2 N–H and O–H groups in total. The molecule has 21 heavy (non-hydrogen) atoms. The predicted molar refractivity (Wildman–Crippen MR) is 81.3 cm³/mol. The number of nitrogens with one attached hydrogen (secondary N) is 2. The highest BCUT2D eigenvalue weighted by atomic mass is 35.5. The quantitative estimate of drug-likeness (QED) is 0.883. The second-order valence-electron chi connectivity index (χ2n) is 4.84. The molecule has 0 saturated carbocycles. The Labute approximate surface area is 127 Å². The van der Waals surface area contributed by atoms with Crippen molar-refractivity contribution < 1.29 is 4.74 Å². The smallest absolute Gasteiger partial charge is 0.229 e. The molecule has 0 unspecified atom stereocenters. The van der Waals surface area contributed by atoms with E-state index in [4.69, 9.17) is 16.3 Å². The first kappa shape index (κ1) is 14.1. The maximum Gasteiger partial charge on any atom is 0.229 e. The van der Waals surface area contributed by atoms with Crippen molar-refractivity contribution in [2.75, 3.05) is 30.4 Å². The fraction of sp³-hybridized carbons (Fsp3) is 0.462. The number of nitrogens with zero attached hydrogens (tertiary/aromatic N) is 4. The van der Waals surface area contributed by atoms with Crippen LogP contribution in [0.15, 0.2) is 12.4 Å². The van der Waals surface area contributed by atoms with Gasteiger partial charge in [-0.2, -0.15) is 10.1 Å². The Kier molecular flexibility index (Phi) is 3.94. The summed E-state index contributed by atoms with van der Waals surface area (Å²) in [6.45, 7) is 6.10. The number of hydrogen-bond acceptors (Lipinski definition) is 6. The molecule has 0 bridgehead atoms. The van der Waals surface area contributed by atoms with Gasteiger partial charge in [0.1, 0.15) is 10.8 Å². The van der Waals surface area contributed by atoms with E-state index in [1.165, 1.54) is 0 Å². The Morgan fingerprint density at radius 2 is 2.29 bits per heavy atom. The standard InChI is InChI=1S/C13H17ClN6O/c1-3-15-12-10(14)4-16-13(18-12)17-11-5-20(19-8(11)2)9-6-21-7-9/h4-5,9H,3,6-7H2,1-2H3,(H2,15,16,17,18). The molecule has 2 aromatic rings. The Hall–Kier alpha value is -1.86. The summed E-state index contributed by atoms with van der Waals surface area (Å²) in [6.07, 6.45) is 3.53. The van der Waals surface area contributed by atoms with Gasteiger partial charge in [0.15, 0.2) is 0 Å². The first-order valence-corrected chi connectivity index (χ1v) is 7.22. The highest BCUT2D eigenvalue weighted by Gasteiger charge is 2.22. The number of halogens is 1. The zero-order chi connectivity index (χ0) is 14.8. The average molecular weight is 309 g/mol. The lowest BCUT2D eigenvalue weighted by atomic mass is 10.3. The molecule has 112 valence electrons. The summed E-state index contributed by atoms with van der Waals surface area (Å²) < 4.78 is 7.10. The molecular formula is C13H17ClN6O. The van der Waals surface area contributed by atoms with Crippen molar-refractivity contribution in [3.63, 3.8) is 0 Å². The Morgan fingerprint density at radius 3 is 2.95 bits per heavy atom. The lowest BCUT2D eigenvalue weighted by Gasteiger charge is -2.25. The number of rotatable bonds is 5. The summed E-state index contributed by atoms with van der Waals surface area (Å²) in [5, 5.41) is 11.3. The molecule has 0 spiro atoms. The van der Waals surface area contributed by atoms with Crippen LogP contribution < -0.4 is 10.6 Å². The van der Waals surface area contributed by atoms with E-state index in [9.17, 15) is 0 Å². The first-order valence-electron chi connectivity index (χ1n) is 6.84. The number of ether oxygens (including phenoxy) is 1. The lowest BCUT2D eigenvalue weighted by Crippen LogP contribution is -2.30. The van der Waals surface area contributed by atoms with Crippen molar-refractivity contribution in [3.05, 3.63) is 23.1 Å². The highest BCUT2D eigenvalue weighted by Crippen LogP contribution is 2.24. The summed E-state index contributed by atoms with van der Waals surface area (Å²) in [7, 11) is 0. The molecule has 8 heteroatoms. The maximum absolute atomic E-state index is 6.04. The molecule has 0 aromatic carbocycles. The average Bonchev–Trinajstić information content (AvgIpc) is 2.73. The van der Waals surface area contributed by atoms with Gasteiger partial charge in [-0.3, -0.25) is 4.68 Å². The van der Waals surface area contributed by atoms with Gasteiger partial charge in [0, 0.05) is 12.7 Å². The molecule has 0 aliphatic carbocycles. The van der Waals surface area contributed by atoms with E-state index in [1.807, 2.05) is 24.7 Å². The van der Waals surface area contributed by atoms with E-state index in [0.29, 0.717) is 36.0 Å². The molecule has 0 atom stereocenters. The van der Waals surface area contributed by atoms with Crippen LogP contribution in [0.1, 0.15) is 18.7 Å². The molecule has 1 aliphatic rings. The van der Waals surface area contributed by atoms with Gasteiger partial charge in [-0.15, -0.1) is 0 Å².